The number of rotatable bonds is 5. The normalized spacial score (nSPS) is 28.5. The van der Waals surface area contributed by atoms with E-state index in [-0.39, 0.29) is 11.8 Å². The number of amidine groups is 1. The molecule has 4 heteroatoms. The number of hydrogen-bond acceptors (Lipinski definition) is 3. The van der Waals surface area contributed by atoms with E-state index >= 15 is 0 Å². The van der Waals surface area contributed by atoms with Crippen molar-refractivity contribution in [2.75, 3.05) is 6.54 Å². The quantitative estimate of drug-likeness (QED) is 0.335. The summed E-state index contributed by atoms with van der Waals surface area (Å²) in [5.41, 5.74) is 6.93. The minimum atomic E-state index is -0.0793. The summed E-state index contributed by atoms with van der Waals surface area (Å²) >= 11 is 0. The number of oxime groups is 1. The molecule has 1 aliphatic rings. The Morgan fingerprint density at radius 1 is 1.35 bits per heavy atom. The van der Waals surface area contributed by atoms with Crippen LogP contribution in [0.4, 0.5) is 0 Å². The summed E-state index contributed by atoms with van der Waals surface area (Å²) in [5, 5.41) is 15.8. The topological polar surface area (TPSA) is 70.6 Å². The second kappa shape index (κ2) is 6.75. The minimum absolute atomic E-state index is 0.0793. The Morgan fingerprint density at radius 2 is 2.05 bits per heavy atom. The lowest BCUT2D eigenvalue weighted by Crippen LogP contribution is -2.39. The first-order chi connectivity index (χ1) is 9.63. The SMILES string of the molecule is CC1CCC(NCC(C(N)=NO)c2ccccc2)C1C. The molecule has 2 rings (SSSR count). The molecule has 20 heavy (non-hydrogen) atoms. The van der Waals surface area contributed by atoms with Crippen LogP contribution in [-0.2, 0) is 0 Å². The third kappa shape index (κ3) is 3.31. The summed E-state index contributed by atoms with van der Waals surface area (Å²) in [6.45, 7) is 5.32. The van der Waals surface area contributed by atoms with Crippen molar-refractivity contribution in [1.29, 1.82) is 0 Å². The highest BCUT2D eigenvalue weighted by atomic mass is 16.4. The summed E-state index contributed by atoms with van der Waals surface area (Å²) in [5.74, 6) is 1.64. The van der Waals surface area contributed by atoms with Crippen molar-refractivity contribution in [3.63, 3.8) is 0 Å². The molecule has 1 saturated carbocycles. The van der Waals surface area contributed by atoms with E-state index in [1.165, 1.54) is 12.8 Å². The monoisotopic (exact) mass is 275 g/mol. The van der Waals surface area contributed by atoms with Gasteiger partial charge in [-0.1, -0.05) is 49.3 Å². The molecular weight excluding hydrogens is 250 g/mol. The van der Waals surface area contributed by atoms with Gasteiger partial charge in [0.1, 0.15) is 5.84 Å². The first-order valence-corrected chi connectivity index (χ1v) is 7.39. The van der Waals surface area contributed by atoms with Gasteiger partial charge in [-0.25, -0.2) is 0 Å². The van der Waals surface area contributed by atoms with Crippen LogP contribution in [0.5, 0.6) is 0 Å². The maximum atomic E-state index is 8.99. The van der Waals surface area contributed by atoms with Crippen molar-refractivity contribution in [2.24, 2.45) is 22.7 Å². The molecule has 0 radical (unpaired) electrons. The first kappa shape index (κ1) is 14.9. The minimum Gasteiger partial charge on any atom is -0.409 e. The van der Waals surface area contributed by atoms with Gasteiger partial charge in [0.05, 0.1) is 5.92 Å². The largest absolute Gasteiger partial charge is 0.409 e. The van der Waals surface area contributed by atoms with Gasteiger partial charge >= 0.3 is 0 Å². The van der Waals surface area contributed by atoms with Gasteiger partial charge in [0.15, 0.2) is 0 Å². The summed E-state index contributed by atoms with van der Waals surface area (Å²) in [7, 11) is 0. The third-order valence-electron chi connectivity index (χ3n) is 4.72. The summed E-state index contributed by atoms with van der Waals surface area (Å²) in [6.07, 6.45) is 2.48. The van der Waals surface area contributed by atoms with Gasteiger partial charge in [0.25, 0.3) is 0 Å². The van der Waals surface area contributed by atoms with Gasteiger partial charge in [-0.2, -0.15) is 0 Å². The fourth-order valence-electron chi connectivity index (χ4n) is 3.07. The van der Waals surface area contributed by atoms with Crippen molar-refractivity contribution < 1.29 is 5.21 Å². The standard InChI is InChI=1S/C16H25N3O/c1-11-8-9-15(12(11)2)18-10-14(16(17)19-20)13-6-4-3-5-7-13/h3-7,11-12,14-15,18,20H,8-10H2,1-2H3,(H2,17,19). The number of nitrogens with one attached hydrogen (secondary N) is 1. The molecule has 4 N–H and O–H groups in total. The molecule has 4 atom stereocenters. The van der Waals surface area contributed by atoms with E-state index in [2.05, 4.69) is 24.3 Å². The van der Waals surface area contributed by atoms with Crippen molar-refractivity contribution in [3.8, 4) is 0 Å². The molecule has 1 aromatic rings. The molecule has 0 aliphatic heterocycles. The van der Waals surface area contributed by atoms with Crippen molar-refractivity contribution in [1.82, 2.24) is 5.32 Å². The molecule has 0 saturated heterocycles. The lowest BCUT2D eigenvalue weighted by molar-refractivity contribution is 0.314. The van der Waals surface area contributed by atoms with Crippen LogP contribution in [0.2, 0.25) is 0 Å². The second-order valence-electron chi connectivity index (χ2n) is 5.92. The van der Waals surface area contributed by atoms with Crippen LogP contribution in [0, 0.1) is 11.8 Å². The Hall–Kier alpha value is -1.55. The lowest BCUT2D eigenvalue weighted by atomic mass is 9.95. The van der Waals surface area contributed by atoms with Gasteiger partial charge in [-0.05, 0) is 30.2 Å². The van der Waals surface area contributed by atoms with E-state index < -0.39 is 0 Å². The van der Waals surface area contributed by atoms with Crippen LogP contribution in [0.25, 0.3) is 0 Å². The van der Waals surface area contributed by atoms with E-state index in [0.717, 1.165) is 11.5 Å². The Morgan fingerprint density at radius 3 is 2.60 bits per heavy atom. The number of hydrogen-bond donors (Lipinski definition) is 3. The molecule has 4 nitrogen and oxygen atoms in total. The van der Waals surface area contributed by atoms with Crippen LogP contribution in [0.15, 0.2) is 35.5 Å². The maximum absolute atomic E-state index is 8.99. The highest BCUT2D eigenvalue weighted by Gasteiger charge is 2.30. The number of nitrogens with two attached hydrogens (primary N) is 1. The number of nitrogens with zero attached hydrogens (tertiary/aromatic N) is 1. The molecule has 0 amide bonds. The molecule has 0 aromatic heterocycles. The lowest BCUT2D eigenvalue weighted by Gasteiger charge is -2.23. The van der Waals surface area contributed by atoms with E-state index in [9.17, 15) is 0 Å². The molecule has 1 aromatic carbocycles. The predicted octanol–water partition coefficient (Wildman–Crippen LogP) is 2.54. The molecule has 1 fully saturated rings. The van der Waals surface area contributed by atoms with E-state index in [0.29, 0.717) is 18.5 Å². The van der Waals surface area contributed by atoms with Crippen LogP contribution >= 0.6 is 0 Å². The average molecular weight is 275 g/mol. The molecule has 0 bridgehead atoms. The zero-order valence-corrected chi connectivity index (χ0v) is 12.3. The highest BCUT2D eigenvalue weighted by molar-refractivity contribution is 5.87. The van der Waals surface area contributed by atoms with E-state index in [1.807, 2.05) is 30.3 Å². The fraction of sp³-hybridized carbons (Fsp3) is 0.562. The van der Waals surface area contributed by atoms with Gasteiger partial charge in [0.2, 0.25) is 0 Å². The maximum Gasteiger partial charge on any atom is 0.147 e. The van der Waals surface area contributed by atoms with Gasteiger partial charge in [0, 0.05) is 12.6 Å². The van der Waals surface area contributed by atoms with E-state index in [4.69, 9.17) is 10.9 Å². The predicted molar refractivity (Wildman–Crippen MR) is 81.9 cm³/mol. The van der Waals surface area contributed by atoms with Crippen LogP contribution < -0.4 is 11.1 Å². The van der Waals surface area contributed by atoms with Crippen molar-refractivity contribution in [3.05, 3.63) is 35.9 Å². The van der Waals surface area contributed by atoms with Crippen LogP contribution in [-0.4, -0.2) is 23.6 Å². The Bertz CT molecular complexity index is 446. The highest BCUT2D eigenvalue weighted by Crippen LogP contribution is 2.31. The molecular formula is C16H25N3O. The zero-order valence-electron chi connectivity index (χ0n) is 12.3. The summed E-state index contributed by atoms with van der Waals surface area (Å²) < 4.78 is 0. The van der Waals surface area contributed by atoms with Crippen molar-refractivity contribution >= 4 is 5.84 Å². The fourth-order valence-corrected chi connectivity index (χ4v) is 3.07. The van der Waals surface area contributed by atoms with Crippen molar-refractivity contribution in [2.45, 2.75) is 38.6 Å². The second-order valence-corrected chi connectivity index (χ2v) is 5.92. The Kier molecular flexibility index (Phi) is 5.01. The summed E-state index contributed by atoms with van der Waals surface area (Å²) in [6, 6.07) is 10.5. The first-order valence-electron chi connectivity index (χ1n) is 7.39. The van der Waals surface area contributed by atoms with Gasteiger partial charge in [-0.15, -0.1) is 0 Å². The van der Waals surface area contributed by atoms with Gasteiger partial charge in [-0.3, -0.25) is 0 Å². The zero-order chi connectivity index (χ0) is 14.5. The molecule has 110 valence electrons. The Balaban J connectivity index is 2.03. The molecule has 0 heterocycles. The Labute approximate surface area is 121 Å². The van der Waals surface area contributed by atoms with Crippen LogP contribution in [0.1, 0.15) is 38.2 Å². The average Bonchev–Trinajstić information content (AvgIpc) is 2.80. The third-order valence-corrected chi connectivity index (χ3v) is 4.72. The molecule has 0 spiro atoms. The van der Waals surface area contributed by atoms with Crippen LogP contribution in [0.3, 0.4) is 0 Å². The van der Waals surface area contributed by atoms with Gasteiger partial charge < -0.3 is 16.3 Å². The van der Waals surface area contributed by atoms with E-state index in [1.54, 1.807) is 0 Å². The summed E-state index contributed by atoms with van der Waals surface area (Å²) in [4.78, 5) is 0. The number of benzene rings is 1. The molecule has 1 aliphatic carbocycles. The molecule has 4 unspecified atom stereocenters. The smallest absolute Gasteiger partial charge is 0.147 e.